The monoisotopic (exact) mass is 231 g/mol. The van der Waals surface area contributed by atoms with Gasteiger partial charge in [0.25, 0.3) is 0 Å². The summed E-state index contributed by atoms with van der Waals surface area (Å²) >= 11 is 0. The number of rotatable bonds is 2. The molecule has 0 radical (unpaired) electrons. The highest BCUT2D eigenvalue weighted by atomic mass is 16.5. The summed E-state index contributed by atoms with van der Waals surface area (Å²) in [4.78, 5) is 0. The first-order valence-corrected chi connectivity index (χ1v) is 6.31. The largest absolute Gasteiger partial charge is 0.489 e. The van der Waals surface area contributed by atoms with Gasteiger partial charge in [0.2, 0.25) is 0 Å². The van der Waals surface area contributed by atoms with Crippen molar-refractivity contribution >= 4 is 5.65 Å². The number of hydrogen-bond donors (Lipinski definition) is 0. The molecule has 0 unspecified atom stereocenters. The van der Waals surface area contributed by atoms with E-state index in [1.807, 2.05) is 29.7 Å². The molecular formula is C13H17N3O. The van der Waals surface area contributed by atoms with E-state index in [0.717, 1.165) is 17.2 Å². The Morgan fingerprint density at radius 3 is 2.82 bits per heavy atom. The molecule has 0 saturated heterocycles. The van der Waals surface area contributed by atoms with Gasteiger partial charge in [0.05, 0.1) is 12.3 Å². The molecule has 1 saturated carbocycles. The first-order valence-electron chi connectivity index (χ1n) is 6.31. The van der Waals surface area contributed by atoms with Crippen molar-refractivity contribution in [2.75, 3.05) is 0 Å². The maximum atomic E-state index is 6.01. The second-order valence-corrected chi connectivity index (χ2v) is 4.72. The van der Waals surface area contributed by atoms with Crippen molar-refractivity contribution in [1.82, 2.24) is 14.6 Å². The first kappa shape index (κ1) is 10.6. The van der Waals surface area contributed by atoms with E-state index < -0.39 is 0 Å². The normalized spacial score (nSPS) is 17.5. The Bertz CT molecular complexity index is 514. The highest BCUT2D eigenvalue weighted by Crippen LogP contribution is 2.23. The molecule has 90 valence electrons. The molecular weight excluding hydrogens is 214 g/mol. The van der Waals surface area contributed by atoms with E-state index in [2.05, 4.69) is 10.2 Å². The maximum Gasteiger partial charge on any atom is 0.161 e. The quantitative estimate of drug-likeness (QED) is 0.797. The predicted molar refractivity (Wildman–Crippen MR) is 65.2 cm³/mol. The Morgan fingerprint density at radius 2 is 2.00 bits per heavy atom. The van der Waals surface area contributed by atoms with Gasteiger partial charge in [0.15, 0.2) is 5.65 Å². The van der Waals surface area contributed by atoms with Gasteiger partial charge in [-0.25, -0.2) is 0 Å². The van der Waals surface area contributed by atoms with Gasteiger partial charge in [-0.2, -0.15) is 0 Å². The fraction of sp³-hybridized carbons (Fsp3) is 0.538. The lowest BCUT2D eigenvalue weighted by Crippen LogP contribution is -2.19. The molecule has 3 rings (SSSR count). The Kier molecular flexibility index (Phi) is 2.71. The van der Waals surface area contributed by atoms with E-state index in [9.17, 15) is 0 Å². The number of aryl methyl sites for hydroxylation is 1. The minimum Gasteiger partial charge on any atom is -0.489 e. The van der Waals surface area contributed by atoms with E-state index in [-0.39, 0.29) is 0 Å². The summed E-state index contributed by atoms with van der Waals surface area (Å²) < 4.78 is 7.98. The second kappa shape index (κ2) is 4.35. The Morgan fingerprint density at radius 1 is 1.18 bits per heavy atom. The molecule has 4 heteroatoms. The Labute approximate surface area is 101 Å². The van der Waals surface area contributed by atoms with Crippen molar-refractivity contribution in [3.63, 3.8) is 0 Å². The van der Waals surface area contributed by atoms with Crippen LogP contribution in [-0.2, 0) is 0 Å². The van der Waals surface area contributed by atoms with E-state index in [0.29, 0.717) is 6.10 Å². The van der Waals surface area contributed by atoms with Crippen LogP contribution in [0.3, 0.4) is 0 Å². The lowest BCUT2D eigenvalue weighted by Gasteiger charge is -2.22. The van der Waals surface area contributed by atoms with Gasteiger partial charge in [-0.15, -0.1) is 10.2 Å². The van der Waals surface area contributed by atoms with E-state index >= 15 is 0 Å². The Hall–Kier alpha value is -1.58. The van der Waals surface area contributed by atoms with Crippen LogP contribution in [0.4, 0.5) is 0 Å². The number of nitrogens with zero attached hydrogens (tertiary/aromatic N) is 3. The SMILES string of the molecule is Cc1nnc2ccc(OC3CCCCC3)cn12. The number of pyridine rings is 1. The smallest absolute Gasteiger partial charge is 0.161 e. The summed E-state index contributed by atoms with van der Waals surface area (Å²) in [6.45, 7) is 1.95. The van der Waals surface area contributed by atoms with Gasteiger partial charge in [0, 0.05) is 0 Å². The van der Waals surface area contributed by atoms with Gasteiger partial charge < -0.3 is 4.74 Å². The van der Waals surface area contributed by atoms with Gasteiger partial charge in [0.1, 0.15) is 11.6 Å². The van der Waals surface area contributed by atoms with Crippen LogP contribution in [0, 0.1) is 6.92 Å². The summed E-state index contributed by atoms with van der Waals surface area (Å²) in [7, 11) is 0. The standard InChI is InChI=1S/C13H17N3O/c1-10-14-15-13-8-7-12(9-16(10)13)17-11-5-3-2-4-6-11/h7-9,11H,2-6H2,1H3. The lowest BCUT2D eigenvalue weighted by atomic mass is 9.98. The topological polar surface area (TPSA) is 39.4 Å². The van der Waals surface area contributed by atoms with Crippen LogP contribution in [0.2, 0.25) is 0 Å². The lowest BCUT2D eigenvalue weighted by molar-refractivity contribution is 0.154. The third kappa shape index (κ3) is 2.12. The van der Waals surface area contributed by atoms with E-state index in [1.165, 1.54) is 32.1 Å². The molecule has 0 spiro atoms. The van der Waals surface area contributed by atoms with Crippen LogP contribution in [0.1, 0.15) is 37.9 Å². The molecule has 1 aliphatic carbocycles. The number of aromatic nitrogens is 3. The van der Waals surface area contributed by atoms with Crippen LogP contribution in [0.25, 0.3) is 5.65 Å². The fourth-order valence-corrected chi connectivity index (χ4v) is 2.43. The molecule has 0 N–H and O–H groups in total. The zero-order valence-corrected chi connectivity index (χ0v) is 10.1. The van der Waals surface area contributed by atoms with Crippen LogP contribution < -0.4 is 4.74 Å². The molecule has 4 nitrogen and oxygen atoms in total. The Balaban J connectivity index is 1.82. The van der Waals surface area contributed by atoms with Crippen LogP contribution in [0.5, 0.6) is 5.75 Å². The highest BCUT2D eigenvalue weighted by molar-refractivity contribution is 5.41. The summed E-state index contributed by atoms with van der Waals surface area (Å²) in [5, 5.41) is 8.10. The molecule has 1 aliphatic rings. The van der Waals surface area contributed by atoms with Crippen LogP contribution in [-0.4, -0.2) is 20.7 Å². The second-order valence-electron chi connectivity index (χ2n) is 4.72. The molecule has 17 heavy (non-hydrogen) atoms. The van der Waals surface area contributed by atoms with Gasteiger partial charge in [-0.05, 0) is 44.7 Å². The zero-order valence-electron chi connectivity index (χ0n) is 10.1. The van der Waals surface area contributed by atoms with Gasteiger partial charge in [-0.3, -0.25) is 4.40 Å². The minimum atomic E-state index is 0.387. The first-order chi connectivity index (χ1) is 8.33. The third-order valence-corrected chi connectivity index (χ3v) is 3.40. The predicted octanol–water partition coefficient (Wildman–Crippen LogP) is 2.75. The molecule has 0 aliphatic heterocycles. The van der Waals surface area contributed by atoms with Crippen LogP contribution >= 0.6 is 0 Å². The molecule has 0 amide bonds. The molecule has 0 aromatic carbocycles. The summed E-state index contributed by atoms with van der Waals surface area (Å²) in [5.74, 6) is 1.82. The maximum absolute atomic E-state index is 6.01. The van der Waals surface area contributed by atoms with Crippen molar-refractivity contribution in [2.45, 2.75) is 45.1 Å². The fourth-order valence-electron chi connectivity index (χ4n) is 2.43. The summed E-state index contributed by atoms with van der Waals surface area (Å²) in [6, 6.07) is 3.94. The zero-order chi connectivity index (χ0) is 11.7. The molecule has 0 atom stereocenters. The summed E-state index contributed by atoms with van der Waals surface area (Å²) in [6.07, 6.45) is 8.66. The average Bonchev–Trinajstić information content (AvgIpc) is 2.73. The van der Waals surface area contributed by atoms with Gasteiger partial charge >= 0.3 is 0 Å². The molecule has 2 aromatic heterocycles. The van der Waals surface area contributed by atoms with E-state index in [4.69, 9.17) is 4.74 Å². The van der Waals surface area contributed by atoms with Crippen molar-refractivity contribution in [1.29, 1.82) is 0 Å². The van der Waals surface area contributed by atoms with Crippen molar-refractivity contribution in [3.05, 3.63) is 24.2 Å². The molecule has 0 bridgehead atoms. The molecule has 2 aromatic rings. The third-order valence-electron chi connectivity index (χ3n) is 3.40. The highest BCUT2D eigenvalue weighted by Gasteiger charge is 2.15. The van der Waals surface area contributed by atoms with Crippen molar-refractivity contribution in [2.24, 2.45) is 0 Å². The minimum absolute atomic E-state index is 0.387. The number of hydrogen-bond acceptors (Lipinski definition) is 3. The number of ether oxygens (including phenoxy) is 1. The molecule has 2 heterocycles. The molecule has 1 fully saturated rings. The van der Waals surface area contributed by atoms with E-state index in [1.54, 1.807) is 0 Å². The van der Waals surface area contributed by atoms with Crippen molar-refractivity contribution < 1.29 is 4.74 Å². The average molecular weight is 231 g/mol. The van der Waals surface area contributed by atoms with Crippen LogP contribution in [0.15, 0.2) is 18.3 Å². The van der Waals surface area contributed by atoms with Gasteiger partial charge in [-0.1, -0.05) is 6.42 Å². The van der Waals surface area contributed by atoms with Crippen molar-refractivity contribution in [3.8, 4) is 5.75 Å². The number of fused-ring (bicyclic) bond motifs is 1. The summed E-state index contributed by atoms with van der Waals surface area (Å²) in [5.41, 5.74) is 0.874.